The average Bonchev–Trinajstić information content (AvgIpc) is 3.55. The molecule has 0 aliphatic carbocycles. The van der Waals surface area contributed by atoms with Crippen molar-refractivity contribution >= 4 is 22.4 Å². The Balaban J connectivity index is 1.54. The molecule has 0 unspecified atom stereocenters. The third kappa shape index (κ3) is 3.81. The van der Waals surface area contributed by atoms with Gasteiger partial charge >= 0.3 is 0 Å². The van der Waals surface area contributed by atoms with Gasteiger partial charge in [0.05, 0.1) is 10.2 Å². The number of hydrogen-bond donors (Lipinski definition) is 0. The number of thiazole rings is 1. The first-order chi connectivity index (χ1) is 17.5. The van der Waals surface area contributed by atoms with E-state index in [2.05, 4.69) is 48.0 Å². The van der Waals surface area contributed by atoms with Crippen molar-refractivity contribution in [1.82, 2.24) is 29.4 Å². The van der Waals surface area contributed by atoms with Crippen LogP contribution in [0.3, 0.4) is 0 Å². The zero-order valence-electron chi connectivity index (χ0n) is 20.0. The Labute approximate surface area is 211 Å². The summed E-state index contributed by atoms with van der Waals surface area (Å²) in [5.74, 6) is 0.487. The van der Waals surface area contributed by atoms with Gasteiger partial charge in [0.15, 0.2) is 5.82 Å². The number of benzene rings is 2. The number of hydrogen-bond acceptors (Lipinski definition) is 6. The zero-order chi connectivity index (χ0) is 24.8. The third-order valence-electron chi connectivity index (χ3n) is 6.07. The molecule has 2 aromatic carbocycles. The van der Waals surface area contributed by atoms with Gasteiger partial charge in [0, 0.05) is 35.3 Å². The number of rotatable bonds is 4. The van der Waals surface area contributed by atoms with Crippen LogP contribution in [-0.4, -0.2) is 29.4 Å². The molecule has 6 aromatic rings. The number of aryl methyl sites for hydroxylation is 3. The second kappa shape index (κ2) is 8.66. The molecule has 4 aromatic heterocycles. The maximum Gasteiger partial charge on any atom is 0.291 e. The van der Waals surface area contributed by atoms with Crippen molar-refractivity contribution in [2.45, 2.75) is 20.8 Å². The van der Waals surface area contributed by atoms with Gasteiger partial charge in [-0.2, -0.15) is 14.6 Å². The maximum absolute atomic E-state index is 13.3. The minimum Gasteiger partial charge on any atom is -0.266 e. The molecule has 36 heavy (non-hydrogen) atoms. The van der Waals surface area contributed by atoms with Gasteiger partial charge in [0.2, 0.25) is 4.96 Å². The fourth-order valence-corrected chi connectivity index (χ4v) is 5.44. The van der Waals surface area contributed by atoms with Gasteiger partial charge < -0.3 is 0 Å². The van der Waals surface area contributed by atoms with Gasteiger partial charge in [-0.1, -0.05) is 47.2 Å². The first-order valence-electron chi connectivity index (χ1n) is 11.5. The highest BCUT2D eigenvalue weighted by Gasteiger charge is 2.17. The van der Waals surface area contributed by atoms with Crippen LogP contribution in [0.1, 0.15) is 22.3 Å². The summed E-state index contributed by atoms with van der Waals surface area (Å²) in [4.78, 5) is 22.5. The van der Waals surface area contributed by atoms with Crippen molar-refractivity contribution in [1.29, 1.82) is 0 Å². The predicted molar refractivity (Wildman–Crippen MR) is 142 cm³/mol. The van der Waals surface area contributed by atoms with E-state index in [9.17, 15) is 4.79 Å². The Morgan fingerprint density at radius 2 is 1.72 bits per heavy atom. The molecular formula is C28H22N6OS. The van der Waals surface area contributed by atoms with Crippen LogP contribution in [0.15, 0.2) is 78.0 Å². The van der Waals surface area contributed by atoms with Crippen molar-refractivity contribution in [3.63, 3.8) is 0 Å². The topological polar surface area (TPSA) is 78.0 Å². The normalized spacial score (nSPS) is 12.0. The monoisotopic (exact) mass is 490 g/mol. The fraction of sp³-hybridized carbons (Fsp3) is 0.107. The molecule has 7 nitrogen and oxygen atoms in total. The van der Waals surface area contributed by atoms with E-state index in [1.54, 1.807) is 12.4 Å². The predicted octanol–water partition coefficient (Wildman–Crippen LogP) is 4.54. The van der Waals surface area contributed by atoms with Crippen molar-refractivity contribution in [2.24, 2.45) is 0 Å². The van der Waals surface area contributed by atoms with Crippen molar-refractivity contribution < 1.29 is 0 Å². The molecule has 0 fully saturated rings. The Kier molecular flexibility index (Phi) is 5.30. The van der Waals surface area contributed by atoms with Gasteiger partial charge in [0.1, 0.15) is 5.69 Å². The summed E-state index contributed by atoms with van der Waals surface area (Å²) in [6, 6.07) is 18.0. The molecular weight excluding hydrogens is 468 g/mol. The smallest absolute Gasteiger partial charge is 0.266 e. The lowest BCUT2D eigenvalue weighted by atomic mass is 9.95. The molecule has 0 saturated carbocycles. The quantitative estimate of drug-likeness (QED) is 0.363. The van der Waals surface area contributed by atoms with E-state index in [0.717, 1.165) is 39.2 Å². The number of aromatic nitrogens is 6. The molecule has 176 valence electrons. The van der Waals surface area contributed by atoms with Crippen LogP contribution in [0.4, 0.5) is 0 Å². The molecule has 0 spiro atoms. The van der Waals surface area contributed by atoms with E-state index in [0.29, 0.717) is 15.3 Å². The lowest BCUT2D eigenvalue weighted by molar-refractivity contribution is 0.883. The highest BCUT2D eigenvalue weighted by molar-refractivity contribution is 7.15. The van der Waals surface area contributed by atoms with E-state index in [4.69, 9.17) is 5.10 Å². The Hall–Kier alpha value is -4.43. The van der Waals surface area contributed by atoms with Gasteiger partial charge in [0.25, 0.3) is 5.56 Å². The molecule has 8 heteroatoms. The lowest BCUT2D eigenvalue weighted by Crippen LogP contribution is -2.23. The third-order valence-corrected chi connectivity index (χ3v) is 7.02. The van der Waals surface area contributed by atoms with Gasteiger partial charge in [-0.25, -0.2) is 4.68 Å². The molecule has 4 heterocycles. The van der Waals surface area contributed by atoms with Crippen molar-refractivity contribution in [2.75, 3.05) is 0 Å². The number of fused-ring (bicyclic) bond motifs is 1. The minimum absolute atomic E-state index is 0.201. The molecule has 0 N–H and O–H groups in total. The summed E-state index contributed by atoms with van der Waals surface area (Å²) >= 11 is 1.32. The Morgan fingerprint density at radius 1 is 0.944 bits per heavy atom. The van der Waals surface area contributed by atoms with E-state index in [1.165, 1.54) is 21.4 Å². The molecule has 0 saturated heterocycles. The Bertz CT molecular complexity index is 1810. The van der Waals surface area contributed by atoms with Gasteiger partial charge in [-0.15, -0.1) is 5.10 Å². The summed E-state index contributed by atoms with van der Waals surface area (Å²) in [6.07, 6.45) is 7.25. The molecule has 0 atom stereocenters. The van der Waals surface area contributed by atoms with Gasteiger partial charge in [-0.05, 0) is 62.2 Å². The van der Waals surface area contributed by atoms with Crippen LogP contribution in [0, 0.1) is 20.8 Å². The standard InChI is InChI=1S/C28H22N6OS/c1-17-12-18(2)24(19(3)13-17)25-21(16-33(31-25)22-9-5-4-6-10-22)14-23-27(35)34-28(36-23)30-26(32-34)20-8-7-11-29-15-20/h4-16H,1-3H3/b23-14-. The number of nitrogens with zero attached hydrogens (tertiary/aromatic N) is 6. The summed E-state index contributed by atoms with van der Waals surface area (Å²) in [6.45, 7) is 6.29. The van der Waals surface area contributed by atoms with E-state index >= 15 is 0 Å². The highest BCUT2D eigenvalue weighted by Crippen LogP contribution is 2.31. The first-order valence-corrected chi connectivity index (χ1v) is 12.3. The maximum atomic E-state index is 13.3. The molecule has 6 rings (SSSR count). The highest BCUT2D eigenvalue weighted by atomic mass is 32.1. The van der Waals surface area contributed by atoms with Crippen LogP contribution in [-0.2, 0) is 0 Å². The van der Waals surface area contributed by atoms with Crippen LogP contribution >= 0.6 is 11.3 Å². The molecule has 0 amide bonds. The van der Waals surface area contributed by atoms with E-state index in [-0.39, 0.29) is 5.56 Å². The zero-order valence-corrected chi connectivity index (χ0v) is 20.8. The number of pyridine rings is 1. The largest absolute Gasteiger partial charge is 0.291 e. The van der Waals surface area contributed by atoms with Crippen LogP contribution in [0.25, 0.3) is 39.4 Å². The number of para-hydroxylation sites is 1. The van der Waals surface area contributed by atoms with Crippen LogP contribution in [0.5, 0.6) is 0 Å². The van der Waals surface area contributed by atoms with Crippen molar-refractivity contribution in [3.8, 4) is 28.3 Å². The lowest BCUT2D eigenvalue weighted by Gasteiger charge is -2.10. The molecule has 0 aliphatic heterocycles. The van der Waals surface area contributed by atoms with E-state index < -0.39 is 0 Å². The second-order valence-corrected chi connectivity index (χ2v) is 9.78. The SMILES string of the molecule is Cc1cc(C)c(-c2nn(-c3ccccc3)cc2/C=c2\sc3nc(-c4cccnc4)nn3c2=O)c(C)c1. The Morgan fingerprint density at radius 3 is 2.42 bits per heavy atom. The van der Waals surface area contributed by atoms with Gasteiger partial charge in [-0.3, -0.25) is 9.78 Å². The van der Waals surface area contributed by atoms with Crippen LogP contribution < -0.4 is 10.1 Å². The molecule has 0 bridgehead atoms. The van der Waals surface area contributed by atoms with Crippen LogP contribution in [0.2, 0.25) is 0 Å². The van der Waals surface area contributed by atoms with E-state index in [1.807, 2.05) is 59.4 Å². The molecule has 0 aliphatic rings. The summed E-state index contributed by atoms with van der Waals surface area (Å²) in [7, 11) is 0. The fourth-order valence-electron chi connectivity index (χ4n) is 4.55. The first kappa shape index (κ1) is 22.1. The summed E-state index contributed by atoms with van der Waals surface area (Å²) < 4.78 is 3.78. The minimum atomic E-state index is -0.201. The average molecular weight is 491 g/mol. The van der Waals surface area contributed by atoms with Crippen molar-refractivity contribution in [3.05, 3.63) is 110 Å². The summed E-state index contributed by atoms with van der Waals surface area (Å²) in [5, 5.41) is 9.40. The molecule has 0 radical (unpaired) electrons. The second-order valence-electron chi connectivity index (χ2n) is 8.77. The summed E-state index contributed by atoms with van der Waals surface area (Å²) in [5.41, 5.74) is 7.80.